The van der Waals surface area contributed by atoms with Crippen molar-refractivity contribution in [3.63, 3.8) is 0 Å². The fourth-order valence-electron chi connectivity index (χ4n) is 3.72. The number of piperidine rings is 1. The summed E-state index contributed by atoms with van der Waals surface area (Å²) in [6, 6.07) is 11.3. The molecule has 152 valence electrons. The Morgan fingerprint density at radius 2 is 1.90 bits per heavy atom. The first-order valence-electron chi connectivity index (χ1n) is 9.81. The summed E-state index contributed by atoms with van der Waals surface area (Å²) in [4.78, 5) is 26.9. The fourth-order valence-corrected chi connectivity index (χ4v) is 3.72. The highest BCUT2D eigenvalue weighted by Crippen LogP contribution is 2.32. The van der Waals surface area contributed by atoms with Gasteiger partial charge in [0.2, 0.25) is 12.7 Å². The average Bonchev–Trinajstić information content (AvgIpc) is 3.22. The summed E-state index contributed by atoms with van der Waals surface area (Å²) in [6.07, 6.45) is 2.21. The third-order valence-electron chi connectivity index (χ3n) is 5.32. The van der Waals surface area contributed by atoms with Crippen LogP contribution in [0.5, 0.6) is 11.5 Å². The summed E-state index contributed by atoms with van der Waals surface area (Å²) in [5.41, 5.74) is 1.50. The minimum absolute atomic E-state index is 0.0395. The number of ether oxygens (including phenoxy) is 2. The number of fused-ring (bicyclic) bond motifs is 1. The third-order valence-corrected chi connectivity index (χ3v) is 5.32. The molecule has 1 unspecified atom stereocenters. The third kappa shape index (κ3) is 4.50. The zero-order chi connectivity index (χ0) is 20.2. The molecular weight excluding hydrogens is 375 g/mol. The van der Waals surface area contributed by atoms with Gasteiger partial charge in [-0.15, -0.1) is 0 Å². The maximum atomic E-state index is 13.1. The van der Waals surface area contributed by atoms with E-state index in [1.165, 1.54) is 24.3 Å². The molecule has 1 atom stereocenters. The van der Waals surface area contributed by atoms with E-state index in [0.29, 0.717) is 31.6 Å². The standard InChI is InChI=1S/C22H23FN2O4/c23-18-6-4-16(5-7-18)22(27)25-11-1-2-17(13-25)21(26)24-10-9-15-3-8-19-20(12-15)29-14-28-19/h3-8,12,17H,1-2,9-11,13-14H2,(H,24,26). The summed E-state index contributed by atoms with van der Waals surface area (Å²) in [5, 5.41) is 2.98. The van der Waals surface area contributed by atoms with Crippen LogP contribution in [0.4, 0.5) is 4.39 Å². The minimum atomic E-state index is -0.375. The lowest BCUT2D eigenvalue weighted by Gasteiger charge is -2.32. The quantitative estimate of drug-likeness (QED) is 0.841. The Morgan fingerprint density at radius 3 is 2.72 bits per heavy atom. The van der Waals surface area contributed by atoms with Crippen molar-refractivity contribution in [1.29, 1.82) is 0 Å². The van der Waals surface area contributed by atoms with E-state index < -0.39 is 0 Å². The number of likely N-dealkylation sites (tertiary alicyclic amines) is 1. The average molecular weight is 398 g/mol. The van der Waals surface area contributed by atoms with E-state index in [1.807, 2.05) is 18.2 Å². The first kappa shape index (κ1) is 19.2. The predicted octanol–water partition coefficient (Wildman–Crippen LogP) is 2.77. The molecule has 0 spiro atoms. The molecule has 2 aliphatic rings. The number of carbonyl (C=O) groups is 2. The molecule has 0 radical (unpaired) electrons. The second-order valence-electron chi connectivity index (χ2n) is 7.33. The highest BCUT2D eigenvalue weighted by atomic mass is 19.1. The second kappa shape index (κ2) is 8.51. The van der Waals surface area contributed by atoms with Crippen molar-refractivity contribution < 1.29 is 23.5 Å². The lowest BCUT2D eigenvalue weighted by atomic mass is 9.96. The highest BCUT2D eigenvalue weighted by molar-refractivity contribution is 5.94. The molecule has 2 aliphatic heterocycles. The molecule has 0 aliphatic carbocycles. The molecule has 0 saturated carbocycles. The number of halogens is 1. The van der Waals surface area contributed by atoms with Crippen molar-refractivity contribution in [2.45, 2.75) is 19.3 Å². The van der Waals surface area contributed by atoms with E-state index in [4.69, 9.17) is 9.47 Å². The van der Waals surface area contributed by atoms with Crippen LogP contribution in [-0.4, -0.2) is 43.1 Å². The number of carbonyl (C=O) groups excluding carboxylic acids is 2. The molecule has 2 aromatic rings. The Balaban J connectivity index is 1.28. The zero-order valence-corrected chi connectivity index (χ0v) is 16.0. The van der Waals surface area contributed by atoms with E-state index in [0.717, 1.165) is 29.9 Å². The van der Waals surface area contributed by atoms with Gasteiger partial charge >= 0.3 is 0 Å². The van der Waals surface area contributed by atoms with Crippen LogP contribution in [0.2, 0.25) is 0 Å². The van der Waals surface area contributed by atoms with Crippen molar-refractivity contribution in [2.75, 3.05) is 26.4 Å². The van der Waals surface area contributed by atoms with Gasteiger partial charge in [-0.05, 0) is 61.2 Å². The number of hydrogen-bond donors (Lipinski definition) is 1. The molecule has 0 aromatic heterocycles. The van der Waals surface area contributed by atoms with Gasteiger partial charge in [-0.1, -0.05) is 6.07 Å². The van der Waals surface area contributed by atoms with Gasteiger partial charge in [0.15, 0.2) is 11.5 Å². The normalized spacial score (nSPS) is 17.8. The molecule has 1 saturated heterocycles. The largest absolute Gasteiger partial charge is 0.454 e. The maximum Gasteiger partial charge on any atom is 0.253 e. The molecule has 1 fully saturated rings. The van der Waals surface area contributed by atoms with Crippen LogP contribution in [0.1, 0.15) is 28.8 Å². The van der Waals surface area contributed by atoms with E-state index in [2.05, 4.69) is 5.32 Å². The first-order valence-corrected chi connectivity index (χ1v) is 9.81. The number of nitrogens with one attached hydrogen (secondary N) is 1. The molecule has 1 N–H and O–H groups in total. The number of rotatable bonds is 5. The summed E-state index contributed by atoms with van der Waals surface area (Å²) in [7, 11) is 0. The molecule has 6 nitrogen and oxygen atoms in total. The Labute approximate surface area is 168 Å². The van der Waals surface area contributed by atoms with Gasteiger partial charge in [0, 0.05) is 25.2 Å². The Morgan fingerprint density at radius 1 is 1.10 bits per heavy atom. The smallest absolute Gasteiger partial charge is 0.253 e. The van der Waals surface area contributed by atoms with Crippen LogP contribution < -0.4 is 14.8 Å². The SMILES string of the molecule is O=C(NCCc1ccc2c(c1)OCO2)C1CCCN(C(=O)c2ccc(F)cc2)C1. The van der Waals surface area contributed by atoms with Crippen molar-refractivity contribution in [3.8, 4) is 11.5 Å². The number of benzene rings is 2. The predicted molar refractivity (Wildman–Crippen MR) is 104 cm³/mol. The molecule has 0 bridgehead atoms. The van der Waals surface area contributed by atoms with Crippen molar-refractivity contribution >= 4 is 11.8 Å². The number of amides is 2. The lowest BCUT2D eigenvalue weighted by Crippen LogP contribution is -2.45. The van der Waals surface area contributed by atoms with Crippen LogP contribution in [0.25, 0.3) is 0 Å². The number of nitrogens with zero attached hydrogens (tertiary/aromatic N) is 1. The summed E-state index contributed by atoms with van der Waals surface area (Å²) in [5.74, 6) is 0.664. The van der Waals surface area contributed by atoms with Crippen molar-refractivity contribution in [3.05, 3.63) is 59.4 Å². The molecule has 2 heterocycles. The van der Waals surface area contributed by atoms with Crippen LogP contribution >= 0.6 is 0 Å². The van der Waals surface area contributed by atoms with Gasteiger partial charge in [0.1, 0.15) is 5.82 Å². The van der Waals surface area contributed by atoms with E-state index in [-0.39, 0.29) is 30.3 Å². The number of hydrogen-bond acceptors (Lipinski definition) is 4. The Bertz CT molecular complexity index is 900. The first-order chi connectivity index (χ1) is 14.1. The second-order valence-corrected chi connectivity index (χ2v) is 7.33. The molecule has 29 heavy (non-hydrogen) atoms. The minimum Gasteiger partial charge on any atom is -0.454 e. The molecular formula is C22H23FN2O4. The van der Waals surface area contributed by atoms with Gasteiger partial charge in [-0.2, -0.15) is 0 Å². The lowest BCUT2D eigenvalue weighted by molar-refractivity contribution is -0.126. The molecule has 2 aromatic carbocycles. The van der Waals surface area contributed by atoms with Crippen LogP contribution in [0.3, 0.4) is 0 Å². The van der Waals surface area contributed by atoms with Crippen LogP contribution in [-0.2, 0) is 11.2 Å². The summed E-state index contributed by atoms with van der Waals surface area (Å²) >= 11 is 0. The Hall–Kier alpha value is -3.09. The van der Waals surface area contributed by atoms with Crippen molar-refractivity contribution in [1.82, 2.24) is 10.2 Å². The maximum absolute atomic E-state index is 13.1. The van der Waals surface area contributed by atoms with E-state index in [1.54, 1.807) is 4.90 Å². The zero-order valence-electron chi connectivity index (χ0n) is 16.0. The summed E-state index contributed by atoms with van der Waals surface area (Å²) < 4.78 is 23.7. The topological polar surface area (TPSA) is 67.9 Å². The van der Waals surface area contributed by atoms with Gasteiger partial charge in [0.25, 0.3) is 5.91 Å². The fraction of sp³-hybridized carbons (Fsp3) is 0.364. The Kier molecular flexibility index (Phi) is 5.64. The van der Waals surface area contributed by atoms with Gasteiger partial charge < -0.3 is 19.7 Å². The van der Waals surface area contributed by atoms with Gasteiger partial charge in [0.05, 0.1) is 5.92 Å². The van der Waals surface area contributed by atoms with Gasteiger partial charge in [-0.3, -0.25) is 9.59 Å². The molecule has 2 amide bonds. The monoisotopic (exact) mass is 398 g/mol. The van der Waals surface area contributed by atoms with E-state index in [9.17, 15) is 14.0 Å². The highest BCUT2D eigenvalue weighted by Gasteiger charge is 2.28. The molecule has 4 rings (SSSR count). The van der Waals surface area contributed by atoms with Crippen LogP contribution in [0, 0.1) is 11.7 Å². The van der Waals surface area contributed by atoms with Crippen molar-refractivity contribution in [2.24, 2.45) is 5.92 Å². The van der Waals surface area contributed by atoms with Gasteiger partial charge in [-0.25, -0.2) is 4.39 Å². The summed E-state index contributed by atoms with van der Waals surface area (Å²) in [6.45, 7) is 1.74. The van der Waals surface area contributed by atoms with E-state index >= 15 is 0 Å². The van der Waals surface area contributed by atoms with Crippen LogP contribution in [0.15, 0.2) is 42.5 Å². The molecule has 7 heteroatoms.